The normalized spacial score (nSPS) is 31.4. The molecule has 1 heterocycles. The fraction of sp³-hybridized carbons (Fsp3) is 0.312. The summed E-state index contributed by atoms with van der Waals surface area (Å²) in [6.07, 6.45) is 6.23. The van der Waals surface area contributed by atoms with E-state index in [2.05, 4.69) is 5.10 Å². The number of nitro groups is 1. The Bertz CT molecular complexity index is 755. The van der Waals surface area contributed by atoms with Crippen LogP contribution in [0.1, 0.15) is 12.0 Å². The zero-order chi connectivity index (χ0) is 16.1. The van der Waals surface area contributed by atoms with Crippen molar-refractivity contribution in [1.82, 2.24) is 5.01 Å². The molecule has 4 atom stereocenters. The summed E-state index contributed by atoms with van der Waals surface area (Å²) in [5.41, 5.74) is 0.407. The van der Waals surface area contributed by atoms with E-state index < -0.39 is 4.92 Å². The van der Waals surface area contributed by atoms with Crippen molar-refractivity contribution in [3.8, 4) is 0 Å². The van der Waals surface area contributed by atoms with Gasteiger partial charge >= 0.3 is 0 Å². The molecule has 1 aliphatic heterocycles. The highest BCUT2D eigenvalue weighted by atomic mass is 16.6. The van der Waals surface area contributed by atoms with Gasteiger partial charge < -0.3 is 0 Å². The number of carbonyl (C=O) groups is 2. The molecule has 0 spiro atoms. The summed E-state index contributed by atoms with van der Waals surface area (Å²) in [6, 6.07) is 5.89. The lowest BCUT2D eigenvalue weighted by Crippen LogP contribution is -2.28. The monoisotopic (exact) mass is 311 g/mol. The third-order valence-corrected chi connectivity index (χ3v) is 4.85. The topological polar surface area (TPSA) is 92.9 Å². The first kappa shape index (κ1) is 13.8. The first-order valence-corrected chi connectivity index (χ1v) is 7.41. The third kappa shape index (κ3) is 2.00. The molecule has 23 heavy (non-hydrogen) atoms. The van der Waals surface area contributed by atoms with Gasteiger partial charge in [-0.05, 0) is 18.3 Å². The van der Waals surface area contributed by atoms with E-state index in [1.807, 2.05) is 12.2 Å². The van der Waals surface area contributed by atoms with Crippen LogP contribution in [0.15, 0.2) is 41.5 Å². The number of carbonyl (C=O) groups excluding carboxylic acids is 2. The number of hydrogen-bond acceptors (Lipinski definition) is 5. The molecule has 1 aromatic rings. The molecule has 2 fully saturated rings. The van der Waals surface area contributed by atoms with Gasteiger partial charge in [0, 0.05) is 17.7 Å². The first-order valence-electron chi connectivity index (χ1n) is 7.41. The fourth-order valence-corrected chi connectivity index (χ4v) is 3.84. The smallest absolute Gasteiger partial charge is 0.270 e. The summed E-state index contributed by atoms with van der Waals surface area (Å²) >= 11 is 0. The molecule has 7 heteroatoms. The van der Waals surface area contributed by atoms with E-state index in [0.29, 0.717) is 5.56 Å². The number of non-ortho nitro benzene ring substituents is 1. The molecule has 2 bridgehead atoms. The van der Waals surface area contributed by atoms with Gasteiger partial charge in [-0.3, -0.25) is 19.7 Å². The largest absolute Gasteiger partial charge is 0.272 e. The second-order valence-corrected chi connectivity index (χ2v) is 6.08. The number of nitro benzene ring substituents is 1. The summed E-state index contributed by atoms with van der Waals surface area (Å²) in [6.45, 7) is 0. The summed E-state index contributed by atoms with van der Waals surface area (Å²) in [4.78, 5) is 35.1. The first-order chi connectivity index (χ1) is 11.1. The number of nitrogens with zero attached hydrogens (tertiary/aromatic N) is 3. The summed E-state index contributed by atoms with van der Waals surface area (Å²) in [7, 11) is 0. The van der Waals surface area contributed by atoms with Crippen molar-refractivity contribution in [2.45, 2.75) is 6.42 Å². The van der Waals surface area contributed by atoms with Gasteiger partial charge in [0.15, 0.2) is 0 Å². The van der Waals surface area contributed by atoms with Gasteiger partial charge in [0.2, 0.25) is 0 Å². The maximum Gasteiger partial charge on any atom is 0.270 e. The minimum atomic E-state index is -0.503. The average Bonchev–Trinajstić information content (AvgIpc) is 3.21. The van der Waals surface area contributed by atoms with Gasteiger partial charge in [0.1, 0.15) is 0 Å². The number of amides is 2. The Labute approximate surface area is 131 Å². The van der Waals surface area contributed by atoms with Crippen LogP contribution in [0.2, 0.25) is 0 Å². The highest BCUT2D eigenvalue weighted by molar-refractivity contribution is 6.06. The maximum atomic E-state index is 12.4. The Kier molecular flexibility index (Phi) is 2.90. The van der Waals surface area contributed by atoms with Crippen LogP contribution in [0.5, 0.6) is 0 Å². The van der Waals surface area contributed by atoms with Crippen LogP contribution in [0.25, 0.3) is 0 Å². The molecule has 0 radical (unpaired) electrons. The second-order valence-electron chi connectivity index (χ2n) is 6.08. The second kappa shape index (κ2) is 4.84. The van der Waals surface area contributed by atoms with Crippen LogP contribution in [-0.4, -0.2) is 28.0 Å². The zero-order valence-corrected chi connectivity index (χ0v) is 12.0. The van der Waals surface area contributed by atoms with E-state index >= 15 is 0 Å². The van der Waals surface area contributed by atoms with Crippen LogP contribution in [0, 0.1) is 33.8 Å². The predicted molar refractivity (Wildman–Crippen MR) is 80.3 cm³/mol. The minimum absolute atomic E-state index is 0.0628. The molecule has 0 unspecified atom stereocenters. The van der Waals surface area contributed by atoms with Crippen LogP contribution in [0.4, 0.5) is 5.69 Å². The van der Waals surface area contributed by atoms with Gasteiger partial charge in [-0.25, -0.2) is 0 Å². The van der Waals surface area contributed by atoms with Crippen LogP contribution in [-0.2, 0) is 9.59 Å². The lowest BCUT2D eigenvalue weighted by molar-refractivity contribution is -0.384. The molecular formula is C16H13N3O4. The molecule has 116 valence electrons. The van der Waals surface area contributed by atoms with Crippen molar-refractivity contribution in [3.63, 3.8) is 0 Å². The van der Waals surface area contributed by atoms with Crippen molar-refractivity contribution in [1.29, 1.82) is 0 Å². The standard InChI is InChI=1S/C16H13N3O4/c20-15-13-10-4-5-11(7-10)14(13)16(21)18(15)17-8-9-2-1-3-12(6-9)19(22)23/h1-6,8,10-11,13-14H,7H2/b17-8-/t10-,11-,13+,14+/m0/s1. The molecule has 1 aromatic carbocycles. The Morgan fingerprint density at radius 1 is 1.17 bits per heavy atom. The average molecular weight is 311 g/mol. The molecule has 1 saturated heterocycles. The molecule has 1 saturated carbocycles. The van der Waals surface area contributed by atoms with Gasteiger partial charge in [-0.2, -0.15) is 10.1 Å². The van der Waals surface area contributed by atoms with Gasteiger partial charge in [-0.15, -0.1) is 0 Å². The highest BCUT2D eigenvalue weighted by Crippen LogP contribution is 2.52. The maximum absolute atomic E-state index is 12.4. The van der Waals surface area contributed by atoms with Gasteiger partial charge in [0.05, 0.1) is 23.0 Å². The van der Waals surface area contributed by atoms with E-state index in [1.165, 1.54) is 24.4 Å². The summed E-state index contributed by atoms with van der Waals surface area (Å²) in [5.74, 6) is -0.837. The lowest BCUT2D eigenvalue weighted by Gasteiger charge is -2.13. The molecular weight excluding hydrogens is 298 g/mol. The molecule has 7 nitrogen and oxygen atoms in total. The highest BCUT2D eigenvalue weighted by Gasteiger charge is 2.59. The molecule has 0 aromatic heterocycles. The lowest BCUT2D eigenvalue weighted by atomic mass is 9.85. The number of hydrazone groups is 1. The molecule has 2 aliphatic carbocycles. The van der Waals surface area contributed by atoms with Crippen LogP contribution in [0.3, 0.4) is 0 Å². The zero-order valence-electron chi connectivity index (χ0n) is 12.0. The molecule has 4 rings (SSSR count). The van der Waals surface area contributed by atoms with Crippen molar-refractivity contribution in [2.75, 3.05) is 0 Å². The van der Waals surface area contributed by atoms with E-state index in [-0.39, 0.29) is 41.2 Å². The molecule has 2 amide bonds. The number of imide groups is 1. The Balaban J connectivity index is 1.58. The van der Waals surface area contributed by atoms with Crippen molar-refractivity contribution in [3.05, 3.63) is 52.1 Å². The number of rotatable bonds is 3. The van der Waals surface area contributed by atoms with Crippen molar-refractivity contribution >= 4 is 23.7 Å². The fourth-order valence-electron chi connectivity index (χ4n) is 3.84. The van der Waals surface area contributed by atoms with Crippen LogP contribution < -0.4 is 0 Å². The number of hydrogen-bond donors (Lipinski definition) is 0. The van der Waals surface area contributed by atoms with Crippen molar-refractivity contribution < 1.29 is 14.5 Å². The number of allylic oxidation sites excluding steroid dienone is 2. The Morgan fingerprint density at radius 3 is 2.43 bits per heavy atom. The van der Waals surface area contributed by atoms with E-state index in [4.69, 9.17) is 0 Å². The van der Waals surface area contributed by atoms with Gasteiger partial charge in [0.25, 0.3) is 17.5 Å². The molecule has 3 aliphatic rings. The summed E-state index contributed by atoms with van der Waals surface area (Å²) in [5, 5.41) is 15.7. The SMILES string of the molecule is O=C1[C@H]2[C@H](C(=O)N1/N=C\c1cccc([N+](=O)[O-])c1)[C@H]1C=C[C@H]2C1. The third-order valence-electron chi connectivity index (χ3n) is 4.85. The Hall–Kier alpha value is -2.83. The minimum Gasteiger partial charge on any atom is -0.272 e. The van der Waals surface area contributed by atoms with E-state index in [1.54, 1.807) is 6.07 Å². The summed E-state index contributed by atoms with van der Waals surface area (Å²) < 4.78 is 0. The van der Waals surface area contributed by atoms with E-state index in [9.17, 15) is 19.7 Å². The number of fused-ring (bicyclic) bond motifs is 5. The predicted octanol–water partition coefficient (Wildman–Crippen LogP) is 1.74. The van der Waals surface area contributed by atoms with E-state index in [0.717, 1.165) is 11.4 Å². The Morgan fingerprint density at radius 2 is 1.83 bits per heavy atom. The quantitative estimate of drug-likeness (QED) is 0.279. The number of benzene rings is 1. The van der Waals surface area contributed by atoms with Gasteiger partial charge in [-0.1, -0.05) is 24.3 Å². The molecule has 0 N–H and O–H groups in total. The van der Waals surface area contributed by atoms with Crippen molar-refractivity contribution in [2.24, 2.45) is 28.8 Å². The van der Waals surface area contributed by atoms with Crippen LogP contribution >= 0.6 is 0 Å².